The Morgan fingerprint density at radius 3 is 2.75 bits per heavy atom. The number of amides is 1. The first-order chi connectivity index (χ1) is 7.63. The van der Waals surface area contributed by atoms with Crippen molar-refractivity contribution >= 4 is 23.1 Å². The van der Waals surface area contributed by atoms with Gasteiger partial charge in [0, 0.05) is 5.71 Å². The average molecular weight is 218 g/mol. The first-order valence-corrected chi connectivity index (χ1v) is 5.24. The molecule has 0 saturated heterocycles. The van der Waals surface area contributed by atoms with Gasteiger partial charge >= 0.3 is 0 Å². The standard InChI is InChI=1S/C11H14N4O/c1-3-9-7(2)14-15(11(9)16)10-5-4-8(12)6-13-10/h4-6,9H,3,12H2,1-2H3. The van der Waals surface area contributed by atoms with Crippen LogP contribution in [0.15, 0.2) is 23.4 Å². The molecule has 2 rings (SSSR count). The number of hydrogen-bond donors (Lipinski definition) is 1. The van der Waals surface area contributed by atoms with Gasteiger partial charge in [0.25, 0.3) is 5.91 Å². The Balaban J connectivity index is 2.30. The van der Waals surface area contributed by atoms with E-state index in [4.69, 9.17) is 5.73 Å². The molecule has 1 aromatic heterocycles. The van der Waals surface area contributed by atoms with Crippen LogP contribution < -0.4 is 10.7 Å². The van der Waals surface area contributed by atoms with Crippen molar-refractivity contribution < 1.29 is 4.79 Å². The largest absolute Gasteiger partial charge is 0.397 e. The number of anilines is 2. The van der Waals surface area contributed by atoms with E-state index in [-0.39, 0.29) is 11.8 Å². The maximum atomic E-state index is 12.0. The minimum atomic E-state index is -0.112. The maximum Gasteiger partial charge on any atom is 0.257 e. The quantitative estimate of drug-likeness (QED) is 0.815. The summed E-state index contributed by atoms with van der Waals surface area (Å²) in [6.07, 6.45) is 2.28. The highest BCUT2D eigenvalue weighted by Gasteiger charge is 2.33. The summed E-state index contributed by atoms with van der Waals surface area (Å²) in [5.41, 5.74) is 6.95. The highest BCUT2D eigenvalue weighted by molar-refractivity contribution is 6.14. The average Bonchev–Trinajstić information content (AvgIpc) is 2.55. The topological polar surface area (TPSA) is 71.6 Å². The van der Waals surface area contributed by atoms with Crippen LogP contribution in [0.2, 0.25) is 0 Å². The fourth-order valence-corrected chi connectivity index (χ4v) is 1.76. The number of nitrogen functional groups attached to an aromatic ring is 1. The van der Waals surface area contributed by atoms with Crippen molar-refractivity contribution in [2.45, 2.75) is 20.3 Å². The van der Waals surface area contributed by atoms with E-state index in [1.54, 1.807) is 12.1 Å². The first kappa shape index (κ1) is 10.6. The van der Waals surface area contributed by atoms with Gasteiger partial charge in [0.05, 0.1) is 17.8 Å². The van der Waals surface area contributed by atoms with Gasteiger partial charge in [-0.1, -0.05) is 6.92 Å². The SMILES string of the molecule is CCC1C(=O)N(c2ccc(N)cn2)N=C1C. The van der Waals surface area contributed by atoms with E-state index in [9.17, 15) is 4.79 Å². The maximum absolute atomic E-state index is 12.0. The number of pyridine rings is 1. The van der Waals surface area contributed by atoms with E-state index in [0.717, 1.165) is 12.1 Å². The van der Waals surface area contributed by atoms with Gasteiger partial charge in [0.2, 0.25) is 0 Å². The van der Waals surface area contributed by atoms with Gasteiger partial charge in [0.15, 0.2) is 5.82 Å². The molecule has 0 aliphatic carbocycles. The molecule has 1 atom stereocenters. The van der Waals surface area contributed by atoms with E-state index in [2.05, 4.69) is 10.1 Å². The van der Waals surface area contributed by atoms with Gasteiger partial charge in [-0.2, -0.15) is 10.1 Å². The Bertz CT molecular complexity index is 438. The van der Waals surface area contributed by atoms with Crippen molar-refractivity contribution in [2.24, 2.45) is 11.0 Å². The molecule has 0 bridgehead atoms. The second kappa shape index (κ2) is 3.92. The van der Waals surface area contributed by atoms with Crippen LogP contribution in [0.3, 0.4) is 0 Å². The molecular formula is C11H14N4O. The lowest BCUT2D eigenvalue weighted by Crippen LogP contribution is -2.27. The van der Waals surface area contributed by atoms with Crippen molar-refractivity contribution in [3.8, 4) is 0 Å². The second-order valence-corrected chi connectivity index (χ2v) is 3.80. The van der Waals surface area contributed by atoms with Gasteiger partial charge in [-0.3, -0.25) is 4.79 Å². The number of carbonyl (C=O) groups is 1. The van der Waals surface area contributed by atoms with E-state index < -0.39 is 0 Å². The third kappa shape index (κ3) is 1.64. The first-order valence-electron chi connectivity index (χ1n) is 5.24. The number of nitrogens with zero attached hydrogens (tertiary/aromatic N) is 3. The Morgan fingerprint density at radius 1 is 1.50 bits per heavy atom. The number of nitrogens with two attached hydrogens (primary N) is 1. The molecule has 0 saturated carbocycles. The van der Waals surface area contributed by atoms with Crippen molar-refractivity contribution in [3.63, 3.8) is 0 Å². The fraction of sp³-hybridized carbons (Fsp3) is 0.364. The third-order valence-corrected chi connectivity index (χ3v) is 2.66. The summed E-state index contributed by atoms with van der Waals surface area (Å²) in [5, 5.41) is 5.57. The molecule has 2 heterocycles. The molecule has 5 heteroatoms. The summed E-state index contributed by atoms with van der Waals surface area (Å²) in [4.78, 5) is 16.1. The van der Waals surface area contributed by atoms with Crippen LogP contribution in [0.25, 0.3) is 0 Å². The normalized spacial score (nSPS) is 20.1. The smallest absolute Gasteiger partial charge is 0.257 e. The van der Waals surface area contributed by atoms with Gasteiger partial charge in [-0.25, -0.2) is 4.98 Å². The molecule has 84 valence electrons. The number of hydrazone groups is 1. The van der Waals surface area contributed by atoms with Crippen LogP contribution in [0.4, 0.5) is 11.5 Å². The number of carbonyl (C=O) groups excluding carboxylic acids is 1. The Kier molecular flexibility index (Phi) is 2.60. The molecule has 1 aliphatic rings. The molecular weight excluding hydrogens is 204 g/mol. The lowest BCUT2D eigenvalue weighted by Gasteiger charge is -2.12. The minimum absolute atomic E-state index is 0.0164. The summed E-state index contributed by atoms with van der Waals surface area (Å²) in [6.45, 7) is 3.84. The molecule has 2 N–H and O–H groups in total. The Hall–Kier alpha value is -1.91. The summed E-state index contributed by atoms with van der Waals surface area (Å²) in [7, 11) is 0. The van der Waals surface area contributed by atoms with Gasteiger partial charge < -0.3 is 5.73 Å². The van der Waals surface area contributed by atoms with Crippen molar-refractivity contribution in [1.29, 1.82) is 0 Å². The Labute approximate surface area is 94.0 Å². The molecule has 5 nitrogen and oxygen atoms in total. The molecule has 1 aliphatic heterocycles. The van der Waals surface area contributed by atoms with Crippen LogP contribution in [-0.4, -0.2) is 16.6 Å². The van der Waals surface area contributed by atoms with Crippen LogP contribution >= 0.6 is 0 Å². The fourth-order valence-electron chi connectivity index (χ4n) is 1.76. The number of aromatic nitrogens is 1. The third-order valence-electron chi connectivity index (χ3n) is 2.66. The highest BCUT2D eigenvalue weighted by Crippen LogP contribution is 2.24. The van der Waals surface area contributed by atoms with Crippen LogP contribution in [0.5, 0.6) is 0 Å². The predicted molar refractivity (Wildman–Crippen MR) is 63.0 cm³/mol. The lowest BCUT2D eigenvalue weighted by molar-refractivity contribution is -0.119. The van der Waals surface area contributed by atoms with Gasteiger partial charge in [-0.05, 0) is 25.5 Å². The molecule has 0 radical (unpaired) electrons. The van der Waals surface area contributed by atoms with Crippen LogP contribution in [0.1, 0.15) is 20.3 Å². The predicted octanol–water partition coefficient (Wildman–Crippen LogP) is 1.41. The summed E-state index contributed by atoms with van der Waals surface area (Å²) in [6, 6.07) is 3.40. The molecule has 1 aromatic rings. The van der Waals surface area contributed by atoms with Crippen LogP contribution in [-0.2, 0) is 4.79 Å². The zero-order valence-corrected chi connectivity index (χ0v) is 9.34. The molecule has 0 fully saturated rings. The van der Waals surface area contributed by atoms with Gasteiger partial charge in [0.1, 0.15) is 0 Å². The summed E-state index contributed by atoms with van der Waals surface area (Å²) < 4.78 is 0. The van der Waals surface area contributed by atoms with Crippen molar-refractivity contribution in [1.82, 2.24) is 4.98 Å². The molecule has 1 unspecified atom stereocenters. The van der Waals surface area contributed by atoms with E-state index in [0.29, 0.717) is 11.5 Å². The minimum Gasteiger partial charge on any atom is -0.397 e. The zero-order chi connectivity index (χ0) is 11.7. The molecule has 0 spiro atoms. The monoisotopic (exact) mass is 218 g/mol. The molecule has 1 amide bonds. The second-order valence-electron chi connectivity index (χ2n) is 3.80. The Morgan fingerprint density at radius 2 is 2.25 bits per heavy atom. The van der Waals surface area contributed by atoms with Gasteiger partial charge in [-0.15, -0.1) is 0 Å². The molecule has 0 aromatic carbocycles. The molecule has 16 heavy (non-hydrogen) atoms. The number of rotatable bonds is 2. The summed E-state index contributed by atoms with van der Waals surface area (Å²) in [5.74, 6) is 0.395. The lowest BCUT2D eigenvalue weighted by atomic mass is 10.0. The summed E-state index contributed by atoms with van der Waals surface area (Å²) >= 11 is 0. The van der Waals surface area contributed by atoms with E-state index in [1.165, 1.54) is 11.2 Å². The van der Waals surface area contributed by atoms with E-state index in [1.807, 2.05) is 13.8 Å². The van der Waals surface area contributed by atoms with Crippen molar-refractivity contribution in [3.05, 3.63) is 18.3 Å². The highest BCUT2D eigenvalue weighted by atomic mass is 16.2. The van der Waals surface area contributed by atoms with Crippen molar-refractivity contribution in [2.75, 3.05) is 10.7 Å². The number of hydrogen-bond acceptors (Lipinski definition) is 4. The zero-order valence-electron chi connectivity index (χ0n) is 9.34. The van der Waals surface area contributed by atoms with E-state index >= 15 is 0 Å². The van der Waals surface area contributed by atoms with Crippen LogP contribution in [0, 0.1) is 5.92 Å².